The van der Waals surface area contributed by atoms with E-state index in [4.69, 9.17) is 36.0 Å². The van der Waals surface area contributed by atoms with Gasteiger partial charge in [0.25, 0.3) is 0 Å². The quantitative estimate of drug-likeness (QED) is 0.0435. The molecule has 0 saturated carbocycles. The van der Waals surface area contributed by atoms with Crippen molar-refractivity contribution in [3.05, 3.63) is 141 Å². The van der Waals surface area contributed by atoms with Crippen LogP contribution in [-0.2, 0) is 35.9 Å². The normalized spacial score (nSPS) is 11.5. The Kier molecular flexibility index (Phi) is 15.5. The molecule has 320 valence electrons. The number of carboxylic acid groups (broad SMARTS) is 2. The lowest BCUT2D eigenvalue weighted by Crippen LogP contribution is -2.28. The van der Waals surface area contributed by atoms with E-state index in [1.54, 1.807) is 31.5 Å². The zero-order valence-corrected chi connectivity index (χ0v) is 35.6. The molecule has 0 fully saturated rings. The van der Waals surface area contributed by atoms with E-state index < -0.39 is 18.0 Å². The molecule has 0 aliphatic carbocycles. The molecule has 0 aliphatic rings. The highest BCUT2D eigenvalue weighted by atomic mass is 35.5. The van der Waals surface area contributed by atoms with Crippen LogP contribution in [0.5, 0.6) is 17.2 Å². The standard InChI is InChI=1S/C49H49ClN4O8/c1-30-36(29-62-47-21-46(61-28-33-17-32(22-51)23-53-24-33)37(19-44(47)50)25-52-16-6-11-48(56)57)7-4-9-40(30)41-10-5-8-39(31(41)2)34-12-14-42-35(18-34)13-15-45(60-3)43(42)27-54-26-38(55)20-49(58)59/h4-5,7-10,12-15,17-19,21,23-24,38,52,54-55H,6,11,16,20,25-29H2,1-3H3,(H,56,57)(H,58,59). The van der Waals surface area contributed by atoms with E-state index >= 15 is 0 Å². The number of benzene rings is 5. The zero-order valence-electron chi connectivity index (χ0n) is 34.8. The molecule has 6 aromatic rings. The molecule has 62 heavy (non-hydrogen) atoms. The Bertz CT molecular complexity index is 2610. The molecule has 0 spiro atoms. The van der Waals surface area contributed by atoms with E-state index in [1.807, 2.05) is 24.3 Å². The van der Waals surface area contributed by atoms with Crippen molar-refractivity contribution in [2.24, 2.45) is 0 Å². The van der Waals surface area contributed by atoms with Crippen LogP contribution in [0, 0.1) is 25.2 Å². The number of nitriles is 1. The summed E-state index contributed by atoms with van der Waals surface area (Å²) in [4.78, 5) is 26.1. The maximum Gasteiger partial charge on any atom is 0.306 e. The van der Waals surface area contributed by atoms with Crippen molar-refractivity contribution in [2.75, 3.05) is 20.2 Å². The van der Waals surface area contributed by atoms with Crippen molar-refractivity contribution >= 4 is 34.3 Å². The van der Waals surface area contributed by atoms with Crippen molar-refractivity contribution in [1.29, 1.82) is 5.26 Å². The highest BCUT2D eigenvalue weighted by Crippen LogP contribution is 2.38. The van der Waals surface area contributed by atoms with Crippen molar-refractivity contribution in [2.45, 2.75) is 65.5 Å². The van der Waals surface area contributed by atoms with Gasteiger partial charge in [-0.15, -0.1) is 0 Å². The van der Waals surface area contributed by atoms with Crippen LogP contribution in [0.3, 0.4) is 0 Å². The van der Waals surface area contributed by atoms with Gasteiger partial charge in [-0.2, -0.15) is 5.26 Å². The van der Waals surface area contributed by atoms with E-state index in [2.05, 4.69) is 78.0 Å². The molecule has 1 aromatic heterocycles. The third-order valence-corrected chi connectivity index (χ3v) is 11.0. The van der Waals surface area contributed by atoms with Gasteiger partial charge in [0.15, 0.2) is 0 Å². The second kappa shape index (κ2) is 21.3. The predicted octanol–water partition coefficient (Wildman–Crippen LogP) is 8.76. The first kappa shape index (κ1) is 45.0. The van der Waals surface area contributed by atoms with E-state index in [9.17, 15) is 20.0 Å². The van der Waals surface area contributed by atoms with Gasteiger partial charge in [0.2, 0.25) is 0 Å². The fourth-order valence-corrected chi connectivity index (χ4v) is 7.66. The van der Waals surface area contributed by atoms with Gasteiger partial charge in [0.1, 0.15) is 36.5 Å². The summed E-state index contributed by atoms with van der Waals surface area (Å²) in [5, 5.41) is 46.3. The molecular formula is C49H49ClN4O8. The summed E-state index contributed by atoms with van der Waals surface area (Å²) in [5.41, 5.74) is 10.3. The maximum absolute atomic E-state index is 11.0. The number of hydrogen-bond acceptors (Lipinski definition) is 10. The monoisotopic (exact) mass is 856 g/mol. The molecule has 6 rings (SSSR count). The number of pyridine rings is 1. The van der Waals surface area contributed by atoms with Crippen molar-refractivity contribution in [3.63, 3.8) is 0 Å². The molecule has 12 nitrogen and oxygen atoms in total. The highest BCUT2D eigenvalue weighted by molar-refractivity contribution is 6.32. The summed E-state index contributed by atoms with van der Waals surface area (Å²) in [6, 6.07) is 30.1. The number of rotatable bonds is 21. The number of nitrogens with one attached hydrogen (secondary N) is 2. The van der Waals surface area contributed by atoms with Crippen molar-refractivity contribution < 1.29 is 39.1 Å². The van der Waals surface area contributed by atoms with Gasteiger partial charge >= 0.3 is 11.9 Å². The summed E-state index contributed by atoms with van der Waals surface area (Å²) >= 11 is 6.81. The van der Waals surface area contributed by atoms with Crippen LogP contribution in [0.15, 0.2) is 97.3 Å². The number of fused-ring (bicyclic) bond motifs is 1. The molecule has 5 aromatic carbocycles. The van der Waals surface area contributed by atoms with E-state index in [0.717, 1.165) is 66.4 Å². The Hall–Kier alpha value is -6.49. The topological polar surface area (TPSA) is 183 Å². The van der Waals surface area contributed by atoms with Crippen LogP contribution >= 0.6 is 11.6 Å². The molecular weight excluding hydrogens is 808 g/mol. The zero-order chi connectivity index (χ0) is 44.2. The van der Waals surface area contributed by atoms with Crippen LogP contribution in [0.2, 0.25) is 5.02 Å². The Balaban J connectivity index is 1.22. The number of ether oxygens (including phenoxy) is 3. The average Bonchev–Trinajstić information content (AvgIpc) is 3.25. The summed E-state index contributed by atoms with van der Waals surface area (Å²) in [7, 11) is 1.61. The lowest BCUT2D eigenvalue weighted by molar-refractivity contribution is -0.139. The molecule has 13 heteroatoms. The number of aromatic nitrogens is 1. The Morgan fingerprint density at radius 2 is 1.56 bits per heavy atom. The van der Waals surface area contributed by atoms with E-state index in [1.165, 1.54) is 6.20 Å². The first-order valence-corrected chi connectivity index (χ1v) is 20.6. The Labute approximate surface area is 365 Å². The second-order valence-corrected chi connectivity index (χ2v) is 15.4. The number of carboxylic acids is 2. The fourth-order valence-electron chi connectivity index (χ4n) is 7.42. The average molecular weight is 857 g/mol. The molecule has 1 atom stereocenters. The number of aliphatic hydroxyl groups excluding tert-OH is 1. The summed E-state index contributed by atoms with van der Waals surface area (Å²) < 4.78 is 18.3. The third kappa shape index (κ3) is 11.5. The van der Waals surface area contributed by atoms with Gasteiger partial charge in [0, 0.05) is 61.2 Å². The fraction of sp³-hybridized carbons (Fsp3) is 0.265. The van der Waals surface area contributed by atoms with Gasteiger partial charge in [-0.25, -0.2) is 0 Å². The number of aliphatic carboxylic acids is 2. The molecule has 0 aliphatic heterocycles. The molecule has 1 unspecified atom stereocenters. The summed E-state index contributed by atoms with van der Waals surface area (Å²) in [5.74, 6) is -0.230. The van der Waals surface area contributed by atoms with Gasteiger partial charge < -0.3 is 40.2 Å². The van der Waals surface area contributed by atoms with Crippen LogP contribution in [0.25, 0.3) is 33.0 Å². The maximum atomic E-state index is 11.0. The number of aliphatic hydroxyl groups is 1. The summed E-state index contributed by atoms with van der Waals surface area (Å²) in [6.45, 7) is 6.02. The number of methoxy groups -OCH3 is 1. The molecule has 1 heterocycles. The van der Waals surface area contributed by atoms with E-state index in [-0.39, 0.29) is 32.6 Å². The predicted molar refractivity (Wildman–Crippen MR) is 238 cm³/mol. The first-order chi connectivity index (χ1) is 29.9. The Morgan fingerprint density at radius 1 is 0.806 bits per heavy atom. The van der Waals surface area contributed by atoms with Crippen LogP contribution in [0.1, 0.15) is 58.2 Å². The number of hydrogen-bond donors (Lipinski definition) is 5. The smallest absolute Gasteiger partial charge is 0.306 e. The first-order valence-electron chi connectivity index (χ1n) is 20.2. The molecule has 0 radical (unpaired) electrons. The highest BCUT2D eigenvalue weighted by Gasteiger charge is 2.17. The minimum absolute atomic E-state index is 0.0628. The SMILES string of the molecule is COc1ccc2cc(-c3cccc(-c4cccc(COc5cc(OCc6cncc(C#N)c6)c(CNCCCC(=O)O)cc5Cl)c4C)c3C)ccc2c1CNCC(O)CC(=O)O. The number of carbonyl (C=O) groups is 2. The molecule has 0 bridgehead atoms. The lowest BCUT2D eigenvalue weighted by Gasteiger charge is -2.19. The molecule has 0 amide bonds. The van der Waals surface area contributed by atoms with Crippen molar-refractivity contribution in [1.82, 2.24) is 15.6 Å². The lowest BCUT2D eigenvalue weighted by atomic mass is 9.89. The third-order valence-electron chi connectivity index (χ3n) is 10.7. The minimum atomic E-state index is -1.05. The van der Waals surface area contributed by atoms with Gasteiger partial charge in [0.05, 0.1) is 30.2 Å². The second-order valence-electron chi connectivity index (χ2n) is 15.0. The largest absolute Gasteiger partial charge is 0.496 e. The van der Waals surface area contributed by atoms with Gasteiger partial charge in [-0.3, -0.25) is 14.6 Å². The summed E-state index contributed by atoms with van der Waals surface area (Å²) in [6.07, 6.45) is 2.34. The Morgan fingerprint density at radius 3 is 2.32 bits per heavy atom. The van der Waals surface area contributed by atoms with Crippen LogP contribution in [0.4, 0.5) is 0 Å². The van der Waals surface area contributed by atoms with Crippen LogP contribution < -0.4 is 24.8 Å². The van der Waals surface area contributed by atoms with Gasteiger partial charge in [-0.1, -0.05) is 66.2 Å². The molecule has 5 N–H and O–H groups in total. The van der Waals surface area contributed by atoms with Gasteiger partial charge in [-0.05, 0) is 101 Å². The van der Waals surface area contributed by atoms with Crippen LogP contribution in [-0.4, -0.2) is 58.5 Å². The van der Waals surface area contributed by atoms with E-state index in [0.29, 0.717) is 53.9 Å². The number of halogens is 1. The van der Waals surface area contributed by atoms with Crippen molar-refractivity contribution in [3.8, 4) is 45.6 Å². The molecule has 0 saturated heterocycles. The number of nitrogens with zero attached hydrogens (tertiary/aromatic N) is 2. The minimum Gasteiger partial charge on any atom is -0.496 e.